The first kappa shape index (κ1) is 32.3. The quantitative estimate of drug-likeness (QED) is 0.461. The van der Waals surface area contributed by atoms with E-state index in [-0.39, 0.29) is 12.0 Å². The minimum atomic E-state index is -5.08. The number of carbonyl (C=O) groups is 3. The highest BCUT2D eigenvalue weighted by Gasteiger charge is 2.39. The molecule has 2 unspecified atom stereocenters. The molecule has 17 heteroatoms. The summed E-state index contributed by atoms with van der Waals surface area (Å²) >= 11 is 0. The van der Waals surface area contributed by atoms with Crippen LogP contribution in [-0.2, 0) is 14.3 Å². The van der Waals surface area contributed by atoms with Crippen molar-refractivity contribution in [1.82, 2.24) is 24.9 Å². The minimum Gasteiger partial charge on any atom is -0.475 e. The number of hydrogen-bond donors (Lipinski definition) is 3. The number of ether oxygens (including phenoxy) is 1. The summed E-state index contributed by atoms with van der Waals surface area (Å²) in [5.41, 5.74) is 0.580. The van der Waals surface area contributed by atoms with E-state index in [0.29, 0.717) is 11.7 Å². The number of aromatic amines is 1. The lowest BCUT2D eigenvalue weighted by atomic mass is 10.0. The molecular weight excluding hydrogens is 544 g/mol. The van der Waals surface area contributed by atoms with Crippen LogP contribution in [0.5, 0.6) is 0 Å². The second kappa shape index (κ2) is 14.5. The molecule has 3 aliphatic rings. The highest BCUT2D eigenvalue weighted by molar-refractivity contribution is 5.92. The van der Waals surface area contributed by atoms with Gasteiger partial charge in [0.2, 0.25) is 0 Å². The number of aliphatic carboxylic acids is 2. The second-order valence-electron chi connectivity index (χ2n) is 9.01. The summed E-state index contributed by atoms with van der Waals surface area (Å²) in [6, 6.07) is 2.19. The van der Waals surface area contributed by atoms with Gasteiger partial charge in [-0.1, -0.05) is 0 Å². The number of nitrogens with one attached hydrogen (secondary N) is 1. The summed E-state index contributed by atoms with van der Waals surface area (Å²) in [4.78, 5) is 37.5. The molecule has 3 saturated heterocycles. The van der Waals surface area contributed by atoms with Crippen LogP contribution in [0.2, 0.25) is 0 Å². The molecule has 0 aromatic carbocycles. The number of halogens is 6. The van der Waals surface area contributed by atoms with Crippen LogP contribution in [0.3, 0.4) is 0 Å². The van der Waals surface area contributed by atoms with Gasteiger partial charge in [-0.25, -0.2) is 9.59 Å². The highest BCUT2D eigenvalue weighted by atomic mass is 19.4. The molecule has 3 fully saturated rings. The normalized spacial score (nSPS) is 22.5. The van der Waals surface area contributed by atoms with Crippen LogP contribution in [0, 0.1) is 0 Å². The Morgan fingerprint density at radius 2 is 1.49 bits per heavy atom. The monoisotopic (exact) mass is 575 g/mol. The number of rotatable bonds is 4. The standard InChI is InChI=1S/C18H29N5O2.2C2HF3O2/c24-18(15-3-6-19-20-15)23-9-4-16-17(5-10-23)25-14-13-22(16)12-11-21-7-1-2-8-21;2*3-2(4,5)1(6)7/h3,6,16-17H,1-2,4-5,7-14H2,(H,19,20);2*(H,6,7). The summed E-state index contributed by atoms with van der Waals surface area (Å²) in [5.74, 6) is -5.46. The zero-order valence-electron chi connectivity index (χ0n) is 20.9. The Hall–Kier alpha value is -2.92. The van der Waals surface area contributed by atoms with Crippen molar-refractivity contribution in [1.29, 1.82) is 0 Å². The van der Waals surface area contributed by atoms with Gasteiger partial charge >= 0.3 is 24.3 Å². The van der Waals surface area contributed by atoms with Crippen molar-refractivity contribution < 1.29 is 55.7 Å². The average Bonchev–Trinajstić information content (AvgIpc) is 3.53. The molecule has 0 saturated carbocycles. The Balaban J connectivity index is 0.000000317. The van der Waals surface area contributed by atoms with Gasteiger partial charge in [-0.15, -0.1) is 0 Å². The van der Waals surface area contributed by atoms with Gasteiger partial charge in [0, 0.05) is 45.0 Å². The van der Waals surface area contributed by atoms with E-state index >= 15 is 0 Å². The number of nitrogens with zero attached hydrogens (tertiary/aromatic N) is 4. The van der Waals surface area contributed by atoms with E-state index in [9.17, 15) is 31.1 Å². The number of morpholine rings is 1. The van der Waals surface area contributed by atoms with E-state index in [1.807, 2.05) is 4.90 Å². The molecule has 4 rings (SSSR count). The van der Waals surface area contributed by atoms with Crippen molar-refractivity contribution in [2.24, 2.45) is 0 Å². The fourth-order valence-electron chi connectivity index (χ4n) is 4.46. The summed E-state index contributed by atoms with van der Waals surface area (Å²) in [5, 5.41) is 20.9. The molecule has 1 aromatic heterocycles. The first-order chi connectivity index (χ1) is 18.2. The van der Waals surface area contributed by atoms with Crippen molar-refractivity contribution in [2.45, 2.75) is 50.2 Å². The molecule has 3 aliphatic heterocycles. The first-order valence-electron chi connectivity index (χ1n) is 12.2. The van der Waals surface area contributed by atoms with Gasteiger partial charge in [0.1, 0.15) is 5.69 Å². The first-order valence-corrected chi connectivity index (χ1v) is 12.2. The zero-order valence-corrected chi connectivity index (χ0v) is 20.9. The maximum Gasteiger partial charge on any atom is 0.490 e. The Morgan fingerprint density at radius 3 is 2.00 bits per heavy atom. The van der Waals surface area contributed by atoms with E-state index in [0.717, 1.165) is 45.6 Å². The van der Waals surface area contributed by atoms with E-state index < -0.39 is 24.3 Å². The van der Waals surface area contributed by atoms with Gasteiger partial charge < -0.3 is 24.7 Å². The number of amides is 1. The highest BCUT2D eigenvalue weighted by Crippen LogP contribution is 2.24. The predicted octanol–water partition coefficient (Wildman–Crippen LogP) is 2.08. The summed E-state index contributed by atoms with van der Waals surface area (Å²) in [6.07, 6.45) is -3.67. The predicted molar refractivity (Wildman–Crippen MR) is 122 cm³/mol. The SMILES string of the molecule is O=C(O)C(F)(F)F.O=C(O)C(F)(F)F.O=C(c1ccn[nH]1)N1CCC2OCCN(CCN3CCCC3)C2CC1. The lowest BCUT2D eigenvalue weighted by Gasteiger charge is -2.41. The van der Waals surface area contributed by atoms with E-state index in [4.69, 9.17) is 24.5 Å². The van der Waals surface area contributed by atoms with Crippen LogP contribution in [0.25, 0.3) is 0 Å². The lowest BCUT2D eigenvalue weighted by molar-refractivity contribution is -0.193. The number of alkyl halides is 6. The van der Waals surface area contributed by atoms with Gasteiger partial charge in [-0.3, -0.25) is 14.8 Å². The Labute approximate surface area is 219 Å². The lowest BCUT2D eigenvalue weighted by Crippen LogP contribution is -2.53. The molecule has 39 heavy (non-hydrogen) atoms. The van der Waals surface area contributed by atoms with Crippen LogP contribution < -0.4 is 0 Å². The number of fused-ring (bicyclic) bond motifs is 1. The molecule has 2 atom stereocenters. The molecule has 0 spiro atoms. The number of H-pyrrole nitrogens is 1. The fraction of sp³-hybridized carbons (Fsp3) is 0.727. The van der Waals surface area contributed by atoms with Gasteiger partial charge in [-0.2, -0.15) is 31.4 Å². The number of aromatic nitrogens is 2. The third-order valence-corrected chi connectivity index (χ3v) is 6.39. The third-order valence-electron chi connectivity index (χ3n) is 6.39. The van der Waals surface area contributed by atoms with Gasteiger partial charge in [-0.05, 0) is 44.8 Å². The van der Waals surface area contributed by atoms with Crippen LogP contribution in [0.1, 0.15) is 36.2 Å². The molecular formula is C22H31F6N5O6. The molecule has 1 aromatic rings. The number of carboxylic acids is 2. The van der Waals surface area contributed by atoms with Crippen molar-refractivity contribution in [2.75, 3.05) is 52.4 Å². The molecule has 1 amide bonds. The van der Waals surface area contributed by atoms with Crippen LogP contribution >= 0.6 is 0 Å². The minimum absolute atomic E-state index is 0.0553. The van der Waals surface area contributed by atoms with Crippen LogP contribution in [0.15, 0.2) is 12.3 Å². The third kappa shape index (κ3) is 10.6. The average molecular weight is 576 g/mol. The van der Waals surface area contributed by atoms with Crippen LogP contribution in [-0.4, -0.2) is 130 Å². The number of likely N-dealkylation sites (tertiary alicyclic amines) is 2. The number of hydrogen-bond acceptors (Lipinski definition) is 7. The van der Waals surface area contributed by atoms with E-state index in [1.54, 1.807) is 12.3 Å². The Morgan fingerprint density at radius 1 is 0.923 bits per heavy atom. The number of carboxylic acid groups (broad SMARTS) is 2. The summed E-state index contributed by atoms with van der Waals surface area (Å²) < 4.78 is 69.5. The van der Waals surface area contributed by atoms with Crippen LogP contribution in [0.4, 0.5) is 26.3 Å². The fourth-order valence-corrected chi connectivity index (χ4v) is 4.46. The smallest absolute Gasteiger partial charge is 0.475 e. The van der Waals surface area contributed by atoms with Crippen molar-refractivity contribution in [3.63, 3.8) is 0 Å². The van der Waals surface area contributed by atoms with E-state index in [2.05, 4.69) is 20.0 Å². The van der Waals surface area contributed by atoms with Crippen molar-refractivity contribution in [3.05, 3.63) is 18.0 Å². The zero-order chi connectivity index (χ0) is 29.2. The molecule has 0 radical (unpaired) electrons. The molecule has 11 nitrogen and oxygen atoms in total. The molecule has 222 valence electrons. The second-order valence-corrected chi connectivity index (χ2v) is 9.01. The summed E-state index contributed by atoms with van der Waals surface area (Å²) in [7, 11) is 0. The maximum atomic E-state index is 12.6. The number of carbonyl (C=O) groups excluding carboxylic acids is 1. The maximum absolute atomic E-state index is 12.6. The van der Waals surface area contributed by atoms with Gasteiger partial charge in [0.15, 0.2) is 0 Å². The van der Waals surface area contributed by atoms with Gasteiger partial charge in [0.25, 0.3) is 5.91 Å². The Bertz CT molecular complexity index is 900. The van der Waals surface area contributed by atoms with E-state index in [1.165, 1.54) is 32.5 Å². The van der Waals surface area contributed by atoms with Gasteiger partial charge in [0.05, 0.1) is 12.7 Å². The molecule has 0 aliphatic carbocycles. The summed E-state index contributed by atoms with van der Waals surface area (Å²) in [6.45, 7) is 8.19. The molecule has 0 bridgehead atoms. The largest absolute Gasteiger partial charge is 0.490 e. The molecule has 3 N–H and O–H groups in total. The Kier molecular flexibility index (Phi) is 12.0. The topological polar surface area (TPSA) is 139 Å². The van der Waals surface area contributed by atoms with Crippen molar-refractivity contribution >= 4 is 17.8 Å². The van der Waals surface area contributed by atoms with Crippen molar-refractivity contribution in [3.8, 4) is 0 Å². The molecule has 4 heterocycles.